The molecule has 3 rings (SSSR count). The minimum absolute atomic E-state index is 0.0458. The van der Waals surface area contributed by atoms with Crippen LogP contribution in [0.3, 0.4) is 0 Å². The molecular formula is C15H20N4O2. The van der Waals surface area contributed by atoms with Gasteiger partial charge < -0.3 is 9.47 Å². The van der Waals surface area contributed by atoms with Crippen molar-refractivity contribution >= 4 is 17.5 Å². The van der Waals surface area contributed by atoms with Gasteiger partial charge in [-0.25, -0.2) is 5.43 Å². The molecule has 0 saturated heterocycles. The summed E-state index contributed by atoms with van der Waals surface area (Å²) in [6, 6.07) is 4.22. The molecule has 2 amide bonds. The van der Waals surface area contributed by atoms with E-state index in [4.69, 9.17) is 0 Å². The van der Waals surface area contributed by atoms with Gasteiger partial charge in [0.15, 0.2) is 0 Å². The summed E-state index contributed by atoms with van der Waals surface area (Å²) in [5, 5.41) is 4.02. The molecule has 6 nitrogen and oxygen atoms in total. The Hall–Kier alpha value is -2.11. The van der Waals surface area contributed by atoms with E-state index in [9.17, 15) is 9.59 Å². The lowest BCUT2D eigenvalue weighted by Gasteiger charge is -2.35. The fourth-order valence-corrected chi connectivity index (χ4v) is 3.01. The Morgan fingerprint density at radius 1 is 1.43 bits per heavy atom. The van der Waals surface area contributed by atoms with Gasteiger partial charge in [0.2, 0.25) is 11.8 Å². The van der Waals surface area contributed by atoms with E-state index in [0.717, 1.165) is 18.8 Å². The quantitative estimate of drug-likeness (QED) is 0.914. The Kier molecular flexibility index (Phi) is 3.77. The number of fused-ring (bicyclic) bond motifs is 1. The predicted octanol–water partition coefficient (Wildman–Crippen LogP) is 1.44. The van der Waals surface area contributed by atoms with Crippen molar-refractivity contribution in [3.8, 4) is 0 Å². The molecule has 0 saturated carbocycles. The van der Waals surface area contributed by atoms with E-state index in [2.05, 4.69) is 34.3 Å². The number of hydrazone groups is 1. The summed E-state index contributed by atoms with van der Waals surface area (Å²) in [5.41, 5.74) is 4.58. The predicted molar refractivity (Wildman–Crippen MR) is 78.6 cm³/mol. The van der Waals surface area contributed by atoms with Crippen molar-refractivity contribution < 1.29 is 9.59 Å². The van der Waals surface area contributed by atoms with Crippen molar-refractivity contribution in [2.45, 2.75) is 45.2 Å². The highest BCUT2D eigenvalue weighted by Gasteiger charge is 2.27. The van der Waals surface area contributed by atoms with Crippen molar-refractivity contribution in [3.05, 3.63) is 24.0 Å². The largest absolute Gasteiger partial charge is 0.348 e. The molecule has 112 valence electrons. The number of hydrogen-bond donors (Lipinski definition) is 1. The van der Waals surface area contributed by atoms with Crippen LogP contribution in [0.15, 0.2) is 23.4 Å². The van der Waals surface area contributed by atoms with Crippen LogP contribution in [-0.4, -0.2) is 33.5 Å². The second-order valence-electron chi connectivity index (χ2n) is 5.60. The third-order valence-electron chi connectivity index (χ3n) is 4.27. The van der Waals surface area contributed by atoms with E-state index in [1.54, 1.807) is 0 Å². The van der Waals surface area contributed by atoms with Gasteiger partial charge in [-0.2, -0.15) is 5.10 Å². The van der Waals surface area contributed by atoms with Gasteiger partial charge in [0.05, 0.1) is 6.04 Å². The van der Waals surface area contributed by atoms with Gasteiger partial charge in [-0.3, -0.25) is 9.59 Å². The summed E-state index contributed by atoms with van der Waals surface area (Å²) >= 11 is 0. The molecule has 0 aromatic carbocycles. The molecule has 3 heterocycles. The molecule has 2 aliphatic heterocycles. The Labute approximate surface area is 123 Å². The monoisotopic (exact) mass is 288 g/mol. The molecule has 0 bridgehead atoms. The van der Waals surface area contributed by atoms with Gasteiger partial charge in [0, 0.05) is 43.5 Å². The van der Waals surface area contributed by atoms with Crippen LogP contribution in [0.1, 0.15) is 44.3 Å². The SMILES string of the molecule is C[C@@H]1c2cccn2CCN1C(=O)CCC1=NNC(=O)CC1. The third-order valence-corrected chi connectivity index (χ3v) is 4.27. The smallest absolute Gasteiger partial charge is 0.240 e. The summed E-state index contributed by atoms with van der Waals surface area (Å²) in [7, 11) is 0. The third kappa shape index (κ3) is 2.84. The van der Waals surface area contributed by atoms with Gasteiger partial charge in [-0.05, 0) is 31.9 Å². The summed E-state index contributed by atoms with van der Waals surface area (Å²) in [6.07, 6.45) is 4.29. The summed E-state index contributed by atoms with van der Waals surface area (Å²) in [5.74, 6) is 0.116. The average molecular weight is 288 g/mol. The summed E-state index contributed by atoms with van der Waals surface area (Å²) < 4.78 is 2.20. The normalized spacial score (nSPS) is 21.6. The number of carbonyl (C=O) groups is 2. The number of rotatable bonds is 3. The zero-order chi connectivity index (χ0) is 14.8. The molecule has 21 heavy (non-hydrogen) atoms. The van der Waals surface area contributed by atoms with Gasteiger partial charge >= 0.3 is 0 Å². The van der Waals surface area contributed by atoms with Gasteiger partial charge in [0.25, 0.3) is 0 Å². The van der Waals surface area contributed by atoms with Crippen LogP contribution >= 0.6 is 0 Å². The zero-order valence-electron chi connectivity index (χ0n) is 12.2. The van der Waals surface area contributed by atoms with Crippen LogP contribution < -0.4 is 5.43 Å². The fraction of sp³-hybridized carbons (Fsp3) is 0.533. The lowest BCUT2D eigenvalue weighted by Crippen LogP contribution is -2.40. The maximum Gasteiger partial charge on any atom is 0.240 e. The maximum absolute atomic E-state index is 12.4. The Morgan fingerprint density at radius 3 is 3.05 bits per heavy atom. The van der Waals surface area contributed by atoms with Crippen molar-refractivity contribution in [1.29, 1.82) is 0 Å². The number of amides is 2. The molecule has 6 heteroatoms. The van der Waals surface area contributed by atoms with Crippen molar-refractivity contribution in [3.63, 3.8) is 0 Å². The van der Waals surface area contributed by atoms with Gasteiger partial charge in [-0.15, -0.1) is 0 Å². The van der Waals surface area contributed by atoms with Crippen LogP contribution in [-0.2, 0) is 16.1 Å². The molecule has 1 N–H and O–H groups in total. The molecule has 0 fully saturated rings. The second kappa shape index (κ2) is 5.71. The van der Waals surface area contributed by atoms with Crippen LogP contribution in [0, 0.1) is 0 Å². The minimum atomic E-state index is -0.0458. The standard InChI is InChI=1S/C15H20N4O2/c1-11-13-3-2-8-18(13)9-10-19(11)15(21)7-5-12-4-6-14(20)17-16-12/h2-3,8,11H,4-7,9-10H2,1H3,(H,17,20)/t11-/m1/s1. The molecule has 1 aromatic heterocycles. The molecular weight excluding hydrogens is 268 g/mol. The van der Waals surface area contributed by atoms with Crippen molar-refractivity contribution in [2.24, 2.45) is 5.10 Å². The number of nitrogens with zero attached hydrogens (tertiary/aromatic N) is 3. The topological polar surface area (TPSA) is 66.7 Å². The Balaban J connectivity index is 1.58. The number of aromatic nitrogens is 1. The maximum atomic E-state index is 12.4. The lowest BCUT2D eigenvalue weighted by molar-refractivity contribution is -0.134. The van der Waals surface area contributed by atoms with Gasteiger partial charge in [-0.1, -0.05) is 0 Å². The molecule has 0 unspecified atom stereocenters. The molecule has 0 aliphatic carbocycles. The van der Waals surface area contributed by atoms with Crippen LogP contribution in [0.25, 0.3) is 0 Å². The molecule has 1 atom stereocenters. The summed E-state index contributed by atoms with van der Waals surface area (Å²) in [6.45, 7) is 3.68. The van der Waals surface area contributed by atoms with E-state index < -0.39 is 0 Å². The molecule has 0 spiro atoms. The molecule has 1 aromatic rings. The van der Waals surface area contributed by atoms with Crippen molar-refractivity contribution in [2.75, 3.05) is 6.54 Å². The van der Waals surface area contributed by atoms with E-state index in [1.165, 1.54) is 5.69 Å². The highest BCUT2D eigenvalue weighted by Crippen LogP contribution is 2.26. The van der Waals surface area contributed by atoms with Crippen LogP contribution in [0.2, 0.25) is 0 Å². The zero-order valence-corrected chi connectivity index (χ0v) is 12.2. The first-order valence-electron chi connectivity index (χ1n) is 7.44. The van der Waals surface area contributed by atoms with Crippen molar-refractivity contribution in [1.82, 2.24) is 14.9 Å². The molecule has 0 radical (unpaired) electrons. The summed E-state index contributed by atoms with van der Waals surface area (Å²) in [4.78, 5) is 25.4. The fourth-order valence-electron chi connectivity index (χ4n) is 3.01. The van der Waals surface area contributed by atoms with E-state index >= 15 is 0 Å². The van der Waals surface area contributed by atoms with E-state index in [0.29, 0.717) is 25.7 Å². The van der Waals surface area contributed by atoms with E-state index in [-0.39, 0.29) is 17.9 Å². The average Bonchev–Trinajstić information content (AvgIpc) is 2.96. The Morgan fingerprint density at radius 2 is 2.29 bits per heavy atom. The number of carbonyl (C=O) groups excluding carboxylic acids is 2. The highest BCUT2D eigenvalue weighted by molar-refractivity contribution is 5.94. The first-order chi connectivity index (χ1) is 10.1. The van der Waals surface area contributed by atoms with E-state index in [1.807, 2.05) is 11.0 Å². The minimum Gasteiger partial charge on any atom is -0.348 e. The Bertz CT molecular complexity index is 590. The first-order valence-corrected chi connectivity index (χ1v) is 7.44. The number of nitrogens with one attached hydrogen (secondary N) is 1. The highest BCUT2D eigenvalue weighted by atomic mass is 16.2. The lowest BCUT2D eigenvalue weighted by atomic mass is 10.1. The number of hydrogen-bond acceptors (Lipinski definition) is 3. The molecule has 2 aliphatic rings. The first kappa shape index (κ1) is 13.9. The van der Waals surface area contributed by atoms with Crippen LogP contribution in [0.5, 0.6) is 0 Å². The second-order valence-corrected chi connectivity index (χ2v) is 5.60. The van der Waals surface area contributed by atoms with Gasteiger partial charge in [0.1, 0.15) is 0 Å². The van der Waals surface area contributed by atoms with Crippen LogP contribution in [0.4, 0.5) is 0 Å².